The minimum Gasteiger partial charge on any atom is -0.414 e. The third-order valence-corrected chi connectivity index (χ3v) is 4.34. The van der Waals surface area contributed by atoms with Crippen molar-refractivity contribution in [3.8, 4) is 5.82 Å². The predicted molar refractivity (Wildman–Crippen MR) is 107 cm³/mol. The van der Waals surface area contributed by atoms with E-state index in [0.717, 1.165) is 5.56 Å². The van der Waals surface area contributed by atoms with E-state index in [1.165, 1.54) is 0 Å². The number of imidazole rings is 1. The number of hydrogen-bond donors (Lipinski definition) is 0. The van der Waals surface area contributed by atoms with Crippen molar-refractivity contribution in [2.24, 2.45) is 0 Å². The lowest BCUT2D eigenvalue weighted by molar-refractivity contribution is 0.450. The van der Waals surface area contributed by atoms with Gasteiger partial charge in [0.15, 0.2) is 5.58 Å². The van der Waals surface area contributed by atoms with Crippen molar-refractivity contribution in [1.29, 1.82) is 0 Å². The molecule has 0 aliphatic heterocycles. The first kappa shape index (κ1) is 16.8. The molecule has 8 nitrogen and oxygen atoms in total. The van der Waals surface area contributed by atoms with Crippen molar-refractivity contribution in [2.75, 3.05) is 0 Å². The van der Waals surface area contributed by atoms with Gasteiger partial charge < -0.3 is 8.83 Å². The Balaban J connectivity index is 1.81. The fourth-order valence-electron chi connectivity index (χ4n) is 3.06. The number of hydrogen-bond acceptors (Lipinski definition) is 7. The molecule has 0 aliphatic rings. The quantitative estimate of drug-likeness (QED) is 0.440. The second-order valence-electron chi connectivity index (χ2n) is 6.15. The second kappa shape index (κ2) is 6.68. The number of nitrogens with zero attached hydrogens (tertiary/aromatic N) is 4. The number of aromatic nitrogens is 4. The zero-order valence-corrected chi connectivity index (χ0v) is 14.9. The molecule has 0 amide bonds. The molecule has 0 bridgehead atoms. The van der Waals surface area contributed by atoms with Gasteiger partial charge >= 0.3 is 11.3 Å². The summed E-state index contributed by atoms with van der Waals surface area (Å²) in [6.07, 6.45) is 8.79. The summed E-state index contributed by atoms with van der Waals surface area (Å²) in [6, 6.07) is 12.6. The number of fused-ring (bicyclic) bond motifs is 3. The SMILES string of the molecule is O=c1oc2ccc3c(nc(/C=C/c4ccncc4)n3-c3ccccn3)c2oc1=O. The summed E-state index contributed by atoms with van der Waals surface area (Å²) in [5, 5.41) is 0. The van der Waals surface area contributed by atoms with E-state index in [1.807, 2.05) is 47.1 Å². The Morgan fingerprint density at radius 1 is 0.862 bits per heavy atom. The lowest BCUT2D eigenvalue weighted by Crippen LogP contribution is -2.20. The number of rotatable bonds is 3. The lowest BCUT2D eigenvalue weighted by Gasteiger charge is -2.05. The van der Waals surface area contributed by atoms with Gasteiger partial charge in [-0.3, -0.25) is 9.55 Å². The minimum absolute atomic E-state index is 0.111. The fourth-order valence-corrected chi connectivity index (χ4v) is 3.06. The van der Waals surface area contributed by atoms with Gasteiger partial charge in [-0.1, -0.05) is 12.1 Å². The normalized spacial score (nSPS) is 11.6. The highest BCUT2D eigenvalue weighted by molar-refractivity contribution is 5.99. The molecule has 5 aromatic rings. The molecular weight excluding hydrogens is 372 g/mol. The maximum Gasteiger partial charge on any atom is 0.423 e. The van der Waals surface area contributed by atoms with E-state index in [9.17, 15) is 9.59 Å². The van der Waals surface area contributed by atoms with Crippen LogP contribution in [0.15, 0.2) is 79.5 Å². The number of pyridine rings is 2. The van der Waals surface area contributed by atoms with E-state index in [1.54, 1.807) is 30.7 Å². The van der Waals surface area contributed by atoms with E-state index in [-0.39, 0.29) is 11.2 Å². The van der Waals surface area contributed by atoms with Crippen LogP contribution in [-0.2, 0) is 0 Å². The molecule has 0 N–H and O–H groups in total. The largest absolute Gasteiger partial charge is 0.423 e. The first-order valence-electron chi connectivity index (χ1n) is 8.70. The molecule has 0 unspecified atom stereocenters. The van der Waals surface area contributed by atoms with Crippen LogP contribution < -0.4 is 11.3 Å². The van der Waals surface area contributed by atoms with Crippen LogP contribution >= 0.6 is 0 Å². The van der Waals surface area contributed by atoms with Crippen LogP contribution in [0.1, 0.15) is 11.4 Å². The molecule has 0 atom stereocenters. The molecule has 0 radical (unpaired) electrons. The Morgan fingerprint density at radius 3 is 2.48 bits per heavy atom. The van der Waals surface area contributed by atoms with Crippen molar-refractivity contribution in [1.82, 2.24) is 19.5 Å². The standard InChI is InChI=1S/C21H12N4O4/c26-20-21(27)29-19-15(28-20)6-5-14-18(19)24-17(7-4-13-8-11-22-12-9-13)25(14)16-3-1-2-10-23-16/h1-12H/b7-4+. The Hall–Kier alpha value is -4.33. The predicted octanol–water partition coefficient (Wildman–Crippen LogP) is 3.05. The maximum atomic E-state index is 11.7. The maximum absolute atomic E-state index is 11.7. The summed E-state index contributed by atoms with van der Waals surface area (Å²) in [6.45, 7) is 0. The third kappa shape index (κ3) is 2.92. The van der Waals surface area contributed by atoms with Crippen molar-refractivity contribution >= 4 is 34.4 Å². The van der Waals surface area contributed by atoms with E-state index in [0.29, 0.717) is 22.7 Å². The Bertz CT molecular complexity index is 1480. The van der Waals surface area contributed by atoms with Gasteiger partial charge in [0, 0.05) is 18.6 Å². The molecule has 0 saturated heterocycles. The van der Waals surface area contributed by atoms with Gasteiger partial charge in [-0.05, 0) is 48.0 Å². The first-order valence-corrected chi connectivity index (χ1v) is 8.70. The van der Waals surface area contributed by atoms with Gasteiger partial charge in [0.1, 0.15) is 17.2 Å². The van der Waals surface area contributed by atoms with Crippen molar-refractivity contribution < 1.29 is 8.83 Å². The smallest absolute Gasteiger partial charge is 0.414 e. The van der Waals surface area contributed by atoms with E-state index in [4.69, 9.17) is 8.83 Å². The summed E-state index contributed by atoms with van der Waals surface area (Å²) in [5.41, 5.74) is 0.121. The Kier molecular flexibility index (Phi) is 3.87. The zero-order chi connectivity index (χ0) is 19.8. The number of benzene rings is 1. The van der Waals surface area contributed by atoms with Crippen LogP contribution in [0.25, 0.3) is 40.2 Å². The summed E-state index contributed by atoms with van der Waals surface area (Å²) in [4.78, 5) is 36.3. The first-order chi connectivity index (χ1) is 14.2. The highest BCUT2D eigenvalue weighted by atomic mass is 16.5. The van der Waals surface area contributed by atoms with Gasteiger partial charge in [0.2, 0.25) is 5.58 Å². The van der Waals surface area contributed by atoms with Crippen molar-refractivity contribution in [3.63, 3.8) is 0 Å². The second-order valence-corrected chi connectivity index (χ2v) is 6.15. The summed E-state index contributed by atoms with van der Waals surface area (Å²) in [5.74, 6) is 1.21. The molecule has 8 heteroatoms. The van der Waals surface area contributed by atoms with Gasteiger partial charge in [0.05, 0.1) is 5.52 Å². The van der Waals surface area contributed by atoms with E-state index >= 15 is 0 Å². The van der Waals surface area contributed by atoms with Crippen LogP contribution in [0.4, 0.5) is 0 Å². The zero-order valence-electron chi connectivity index (χ0n) is 14.9. The molecule has 0 spiro atoms. The Labute approximate surface area is 162 Å². The van der Waals surface area contributed by atoms with Gasteiger partial charge in [-0.25, -0.2) is 19.6 Å². The lowest BCUT2D eigenvalue weighted by atomic mass is 10.2. The molecule has 4 aromatic heterocycles. The highest BCUT2D eigenvalue weighted by Gasteiger charge is 2.17. The van der Waals surface area contributed by atoms with E-state index < -0.39 is 11.3 Å². The summed E-state index contributed by atoms with van der Waals surface area (Å²) >= 11 is 0. The van der Waals surface area contributed by atoms with E-state index in [2.05, 4.69) is 15.0 Å². The summed E-state index contributed by atoms with van der Waals surface area (Å²) in [7, 11) is 0. The molecule has 0 aliphatic carbocycles. The third-order valence-electron chi connectivity index (χ3n) is 4.34. The van der Waals surface area contributed by atoms with Crippen LogP contribution in [0.2, 0.25) is 0 Å². The van der Waals surface area contributed by atoms with Gasteiger partial charge in [-0.15, -0.1) is 0 Å². The van der Waals surface area contributed by atoms with Crippen molar-refractivity contribution in [3.05, 3.63) is 93.3 Å². The fraction of sp³-hybridized carbons (Fsp3) is 0. The van der Waals surface area contributed by atoms with Gasteiger partial charge in [0.25, 0.3) is 0 Å². The van der Waals surface area contributed by atoms with Gasteiger partial charge in [-0.2, -0.15) is 0 Å². The topological polar surface area (TPSA) is 104 Å². The average Bonchev–Trinajstić information content (AvgIpc) is 3.13. The van der Waals surface area contributed by atoms with Crippen LogP contribution in [0, 0.1) is 0 Å². The minimum atomic E-state index is -1.08. The van der Waals surface area contributed by atoms with Crippen molar-refractivity contribution in [2.45, 2.75) is 0 Å². The van der Waals surface area contributed by atoms with Crippen LogP contribution in [0.3, 0.4) is 0 Å². The Morgan fingerprint density at radius 2 is 1.69 bits per heavy atom. The molecule has 29 heavy (non-hydrogen) atoms. The molecule has 4 heterocycles. The molecule has 1 aromatic carbocycles. The highest BCUT2D eigenvalue weighted by Crippen LogP contribution is 2.27. The van der Waals surface area contributed by atoms with Crippen LogP contribution in [0.5, 0.6) is 0 Å². The molecule has 0 saturated carbocycles. The average molecular weight is 384 g/mol. The molecule has 5 rings (SSSR count). The molecule has 140 valence electrons. The molecule has 0 fully saturated rings. The molecular formula is C21H12N4O4. The monoisotopic (exact) mass is 384 g/mol. The summed E-state index contributed by atoms with van der Waals surface area (Å²) < 4.78 is 12.0. The van der Waals surface area contributed by atoms with Crippen LogP contribution in [-0.4, -0.2) is 19.5 Å².